The maximum absolute atomic E-state index is 11.8. The van der Waals surface area contributed by atoms with E-state index in [0.717, 1.165) is 5.56 Å². The zero-order valence-corrected chi connectivity index (χ0v) is 12.1. The molecule has 0 amide bonds. The van der Waals surface area contributed by atoms with E-state index in [9.17, 15) is 9.59 Å². The average molecular weight is 276 g/mol. The molecule has 0 bridgehead atoms. The second-order valence-corrected chi connectivity index (χ2v) is 5.77. The summed E-state index contributed by atoms with van der Waals surface area (Å²) in [6.45, 7) is 4.26. The third kappa shape index (κ3) is 3.00. The molecular weight excluding hydrogens is 256 g/mol. The molecule has 1 saturated carbocycles. The second kappa shape index (κ2) is 5.65. The van der Waals surface area contributed by atoms with Crippen LogP contribution in [0.5, 0.6) is 0 Å². The Kier molecular flexibility index (Phi) is 4.12. The average Bonchev–Trinajstić information content (AvgIpc) is 2.98. The number of carbonyl (C=O) groups excluding carboxylic acids is 2. The van der Waals surface area contributed by atoms with E-state index in [1.807, 2.05) is 44.2 Å². The fraction of sp³-hybridized carbons (Fsp3) is 0.500. The fourth-order valence-corrected chi connectivity index (χ4v) is 2.65. The Bertz CT molecular complexity index is 492. The van der Waals surface area contributed by atoms with E-state index >= 15 is 0 Å². The molecule has 0 spiro atoms. The summed E-state index contributed by atoms with van der Waals surface area (Å²) in [7, 11) is 1.38. The van der Waals surface area contributed by atoms with Gasteiger partial charge in [0.1, 0.15) is 0 Å². The lowest BCUT2D eigenvalue weighted by Crippen LogP contribution is -2.12. The lowest BCUT2D eigenvalue weighted by molar-refractivity contribution is -0.146. The lowest BCUT2D eigenvalue weighted by Gasteiger charge is -2.05. The molecule has 1 aliphatic carbocycles. The molecule has 2 rings (SSSR count). The van der Waals surface area contributed by atoms with Gasteiger partial charge >= 0.3 is 11.9 Å². The van der Waals surface area contributed by atoms with Crippen LogP contribution in [-0.2, 0) is 25.5 Å². The maximum Gasteiger partial charge on any atom is 0.310 e. The molecule has 1 aromatic carbocycles. The van der Waals surface area contributed by atoms with Gasteiger partial charge in [-0.3, -0.25) is 9.59 Å². The van der Waals surface area contributed by atoms with Crippen LogP contribution in [0.25, 0.3) is 0 Å². The quantitative estimate of drug-likeness (QED) is 0.774. The molecule has 0 aliphatic heterocycles. The maximum atomic E-state index is 11.8. The molecule has 1 aliphatic rings. The van der Waals surface area contributed by atoms with Crippen LogP contribution in [0.1, 0.15) is 19.4 Å². The Morgan fingerprint density at radius 2 is 1.85 bits per heavy atom. The summed E-state index contributed by atoms with van der Waals surface area (Å²) in [5.41, 5.74) is 0.775. The smallest absolute Gasteiger partial charge is 0.310 e. The predicted octanol–water partition coefficient (Wildman–Crippen LogP) is 2.22. The molecule has 108 valence electrons. The number of esters is 2. The second-order valence-electron chi connectivity index (χ2n) is 5.77. The molecule has 2 atom stereocenters. The predicted molar refractivity (Wildman–Crippen MR) is 73.9 cm³/mol. The van der Waals surface area contributed by atoms with Gasteiger partial charge < -0.3 is 9.47 Å². The van der Waals surface area contributed by atoms with Crippen molar-refractivity contribution in [3.63, 3.8) is 0 Å². The first-order chi connectivity index (χ1) is 9.46. The topological polar surface area (TPSA) is 52.6 Å². The van der Waals surface area contributed by atoms with Crippen molar-refractivity contribution in [3.05, 3.63) is 35.9 Å². The van der Waals surface area contributed by atoms with E-state index in [4.69, 9.17) is 9.47 Å². The Balaban J connectivity index is 1.81. The van der Waals surface area contributed by atoms with Gasteiger partial charge in [0.2, 0.25) is 0 Å². The van der Waals surface area contributed by atoms with Crippen molar-refractivity contribution >= 4 is 11.9 Å². The monoisotopic (exact) mass is 276 g/mol. The molecule has 4 nitrogen and oxygen atoms in total. The van der Waals surface area contributed by atoms with E-state index in [1.54, 1.807) is 0 Å². The number of benzene rings is 1. The number of carbonyl (C=O) groups is 2. The highest BCUT2D eigenvalue weighted by Crippen LogP contribution is 2.58. The zero-order chi connectivity index (χ0) is 14.8. The summed E-state index contributed by atoms with van der Waals surface area (Å²) < 4.78 is 10.0. The normalized spacial score (nSPS) is 22.9. The van der Waals surface area contributed by atoms with Crippen LogP contribution >= 0.6 is 0 Å². The van der Waals surface area contributed by atoms with E-state index in [-0.39, 0.29) is 42.2 Å². The number of rotatable bonds is 5. The number of ether oxygens (including phenoxy) is 2. The third-order valence-electron chi connectivity index (χ3n) is 4.12. The van der Waals surface area contributed by atoms with Gasteiger partial charge in [-0.15, -0.1) is 0 Å². The van der Waals surface area contributed by atoms with Crippen LogP contribution < -0.4 is 0 Å². The van der Waals surface area contributed by atoms with Crippen LogP contribution in [0.15, 0.2) is 30.3 Å². The van der Waals surface area contributed by atoms with E-state index in [1.165, 1.54) is 7.11 Å². The number of hydrogen-bond donors (Lipinski definition) is 0. The molecule has 2 unspecified atom stereocenters. The minimum absolute atomic E-state index is 0.0506. The summed E-state index contributed by atoms with van der Waals surface area (Å²) in [6, 6.07) is 9.46. The molecular formula is C16H20O4. The highest BCUT2D eigenvalue weighted by molar-refractivity contribution is 5.78. The molecule has 0 radical (unpaired) electrons. The van der Waals surface area contributed by atoms with Crippen molar-refractivity contribution in [2.45, 2.75) is 20.3 Å². The van der Waals surface area contributed by atoms with Gasteiger partial charge in [-0.1, -0.05) is 44.2 Å². The van der Waals surface area contributed by atoms with Gasteiger partial charge in [0.05, 0.1) is 26.1 Å². The molecule has 0 saturated heterocycles. The van der Waals surface area contributed by atoms with Crippen LogP contribution in [0.4, 0.5) is 0 Å². The molecule has 0 heterocycles. The summed E-state index contributed by atoms with van der Waals surface area (Å²) in [4.78, 5) is 23.3. The third-order valence-corrected chi connectivity index (χ3v) is 4.12. The first kappa shape index (κ1) is 14.6. The van der Waals surface area contributed by atoms with Crippen molar-refractivity contribution < 1.29 is 19.1 Å². The van der Waals surface area contributed by atoms with E-state index in [0.29, 0.717) is 0 Å². The summed E-state index contributed by atoms with van der Waals surface area (Å²) >= 11 is 0. The van der Waals surface area contributed by atoms with Crippen LogP contribution in [-0.4, -0.2) is 25.7 Å². The molecule has 0 N–H and O–H groups in total. The summed E-state index contributed by atoms with van der Waals surface area (Å²) in [5, 5.41) is 0. The zero-order valence-electron chi connectivity index (χ0n) is 12.1. The molecule has 20 heavy (non-hydrogen) atoms. The summed E-state index contributed by atoms with van der Waals surface area (Å²) in [6.07, 6.45) is 0.261. The highest BCUT2D eigenvalue weighted by atomic mass is 16.5. The Hall–Kier alpha value is -1.84. The van der Waals surface area contributed by atoms with Crippen molar-refractivity contribution in [1.29, 1.82) is 0 Å². The minimum Gasteiger partial charge on any atom is -0.469 e. The fourth-order valence-electron chi connectivity index (χ4n) is 2.65. The van der Waals surface area contributed by atoms with Gasteiger partial charge in [-0.2, -0.15) is 0 Å². The number of hydrogen-bond acceptors (Lipinski definition) is 4. The van der Waals surface area contributed by atoms with Gasteiger partial charge in [0.25, 0.3) is 0 Å². The van der Waals surface area contributed by atoms with Gasteiger partial charge in [-0.05, 0) is 11.0 Å². The van der Waals surface area contributed by atoms with E-state index < -0.39 is 0 Å². The minimum atomic E-state index is -0.262. The van der Waals surface area contributed by atoms with Crippen LogP contribution in [0.2, 0.25) is 0 Å². The van der Waals surface area contributed by atoms with Gasteiger partial charge in [0, 0.05) is 5.92 Å². The van der Waals surface area contributed by atoms with Crippen LogP contribution in [0.3, 0.4) is 0 Å². The van der Waals surface area contributed by atoms with Crippen molar-refractivity contribution in [3.8, 4) is 0 Å². The molecule has 1 fully saturated rings. The van der Waals surface area contributed by atoms with Crippen LogP contribution in [0, 0.1) is 17.3 Å². The molecule has 0 aromatic heterocycles. The van der Waals surface area contributed by atoms with Crippen molar-refractivity contribution in [2.75, 3.05) is 13.7 Å². The standard InChI is InChI=1S/C16H20O4/c1-16(2)12(14(16)15(18)19-3)10-20-13(17)9-11-7-5-4-6-8-11/h4-8,12,14H,9-10H2,1-3H3. The van der Waals surface area contributed by atoms with Gasteiger partial charge in [-0.25, -0.2) is 0 Å². The summed E-state index contributed by atoms with van der Waals surface area (Å²) in [5.74, 6) is -0.603. The highest BCUT2D eigenvalue weighted by Gasteiger charge is 2.63. The van der Waals surface area contributed by atoms with Crippen molar-refractivity contribution in [1.82, 2.24) is 0 Å². The van der Waals surface area contributed by atoms with E-state index in [2.05, 4.69) is 0 Å². The number of methoxy groups -OCH3 is 1. The first-order valence-corrected chi connectivity index (χ1v) is 6.74. The van der Waals surface area contributed by atoms with Gasteiger partial charge in [0.15, 0.2) is 0 Å². The molecule has 1 aromatic rings. The SMILES string of the molecule is COC(=O)C1C(COC(=O)Cc2ccccc2)C1(C)C. The Morgan fingerprint density at radius 3 is 2.45 bits per heavy atom. The van der Waals surface area contributed by atoms with Crippen molar-refractivity contribution in [2.24, 2.45) is 17.3 Å². The Labute approximate surface area is 119 Å². The Morgan fingerprint density at radius 1 is 1.20 bits per heavy atom. The largest absolute Gasteiger partial charge is 0.469 e. The molecule has 4 heteroatoms. The first-order valence-electron chi connectivity index (χ1n) is 6.74. The lowest BCUT2D eigenvalue weighted by atomic mass is 10.1.